The second kappa shape index (κ2) is 9.13. The van der Waals surface area contributed by atoms with E-state index >= 15 is 0 Å². The summed E-state index contributed by atoms with van der Waals surface area (Å²) < 4.78 is 21.9. The normalized spacial score (nSPS) is 18.4. The number of aromatic nitrogens is 1. The molecule has 0 radical (unpaired) electrons. The summed E-state index contributed by atoms with van der Waals surface area (Å²) in [7, 11) is 0. The van der Waals surface area contributed by atoms with Gasteiger partial charge in [0.25, 0.3) is 0 Å². The Kier molecular flexibility index (Phi) is 6.35. The number of hydrogen-bond donors (Lipinski definition) is 1. The van der Waals surface area contributed by atoms with E-state index in [1.54, 1.807) is 6.20 Å². The van der Waals surface area contributed by atoms with Crippen LogP contribution in [0.25, 0.3) is 10.9 Å². The predicted molar refractivity (Wildman–Crippen MR) is 117 cm³/mol. The minimum Gasteiger partial charge on any atom is -0.593 e. The highest BCUT2D eigenvalue weighted by Crippen LogP contribution is 2.23. The molecule has 1 N–H and O–H groups in total. The van der Waals surface area contributed by atoms with Crippen LogP contribution in [0.5, 0.6) is 5.75 Å². The van der Waals surface area contributed by atoms with Crippen LogP contribution < -0.4 is 9.46 Å². The van der Waals surface area contributed by atoms with Gasteiger partial charge in [0.1, 0.15) is 11.3 Å². The average Bonchev–Trinajstić information content (AvgIpc) is 3.15. The molecular weight excluding hydrogens is 382 g/mol. The predicted octanol–water partition coefficient (Wildman–Crippen LogP) is 3.91. The summed E-state index contributed by atoms with van der Waals surface area (Å²) in [5.41, 5.74) is 2.07. The fraction of sp³-hybridized carbons (Fsp3) is 0.348. The molecule has 1 aliphatic heterocycles. The largest absolute Gasteiger partial charge is 0.593 e. The Balaban J connectivity index is 1.34. The molecule has 152 valence electrons. The van der Waals surface area contributed by atoms with Crippen LogP contribution in [0, 0.1) is 0 Å². The lowest BCUT2D eigenvalue weighted by Gasteiger charge is -2.18. The number of ether oxygens (including phenoxy) is 1. The maximum atomic E-state index is 12.9. The van der Waals surface area contributed by atoms with Crippen LogP contribution in [-0.4, -0.2) is 39.7 Å². The Morgan fingerprint density at radius 3 is 2.76 bits per heavy atom. The zero-order chi connectivity index (χ0) is 20.2. The monoisotopic (exact) mass is 409 g/mol. The first kappa shape index (κ1) is 20.2. The molecule has 0 saturated carbocycles. The van der Waals surface area contributed by atoms with E-state index in [4.69, 9.17) is 4.74 Å². The van der Waals surface area contributed by atoms with Crippen LogP contribution in [0.3, 0.4) is 0 Å². The molecule has 4 rings (SSSR count). The van der Waals surface area contributed by atoms with Crippen molar-refractivity contribution >= 4 is 22.3 Å². The van der Waals surface area contributed by atoms with Gasteiger partial charge in [0, 0.05) is 31.2 Å². The van der Waals surface area contributed by atoms with Gasteiger partial charge in [-0.05, 0) is 50.1 Å². The number of fused-ring (bicyclic) bond motifs is 1. The number of rotatable bonds is 7. The first-order valence-electron chi connectivity index (χ1n) is 10.1. The molecule has 2 aromatic carbocycles. The molecule has 0 amide bonds. The highest BCUT2D eigenvalue weighted by Gasteiger charge is 2.28. The van der Waals surface area contributed by atoms with Gasteiger partial charge in [0.15, 0.2) is 4.90 Å². The summed E-state index contributed by atoms with van der Waals surface area (Å²) in [6, 6.07) is 18.2. The minimum atomic E-state index is -1.27. The number of pyridine rings is 1. The molecule has 3 aromatic rings. The summed E-state index contributed by atoms with van der Waals surface area (Å²) in [6.07, 6.45) is 2.92. The van der Waals surface area contributed by atoms with Crippen molar-refractivity contribution in [3.8, 4) is 5.75 Å². The molecule has 2 atom stereocenters. The van der Waals surface area contributed by atoms with Crippen molar-refractivity contribution < 1.29 is 9.29 Å². The molecule has 5 nitrogen and oxygen atoms in total. The molecule has 0 spiro atoms. The van der Waals surface area contributed by atoms with E-state index in [1.165, 1.54) is 5.56 Å². The number of likely N-dealkylation sites (tertiary alicyclic amines) is 1. The van der Waals surface area contributed by atoms with Crippen LogP contribution in [0.2, 0.25) is 0 Å². The maximum Gasteiger partial charge on any atom is 0.200 e. The third-order valence-electron chi connectivity index (χ3n) is 5.04. The summed E-state index contributed by atoms with van der Waals surface area (Å²) in [6.45, 7) is 6.83. The van der Waals surface area contributed by atoms with Crippen molar-refractivity contribution in [2.45, 2.75) is 43.9 Å². The molecular formula is C23H27N3O2S. The molecule has 0 aliphatic carbocycles. The molecule has 1 saturated heterocycles. The number of nitrogens with zero attached hydrogens (tertiary/aromatic N) is 2. The van der Waals surface area contributed by atoms with Gasteiger partial charge in [-0.25, -0.2) is 0 Å². The second-order valence-electron chi connectivity index (χ2n) is 7.75. The summed E-state index contributed by atoms with van der Waals surface area (Å²) in [5, 5.41) is 1.01. The standard InChI is InChI=1S/C23H27N3O2S/c1-17(2)28-21-10-8-18(9-11-21)15-26-14-12-20(16-26)25-29(27)22-7-3-5-19-6-4-13-24-23(19)22/h3-11,13,17,20,25H,12,14-16H2,1-2H3/t20-,29?/m1/s1. The van der Waals surface area contributed by atoms with Gasteiger partial charge in [0.2, 0.25) is 0 Å². The second-order valence-corrected chi connectivity index (χ2v) is 8.96. The zero-order valence-electron chi connectivity index (χ0n) is 16.9. The minimum absolute atomic E-state index is 0.184. The summed E-state index contributed by atoms with van der Waals surface area (Å²) >= 11 is -1.27. The third-order valence-corrected chi connectivity index (χ3v) is 6.32. The van der Waals surface area contributed by atoms with Gasteiger partial charge < -0.3 is 9.29 Å². The van der Waals surface area contributed by atoms with Crippen LogP contribution >= 0.6 is 0 Å². The number of nitrogens with one attached hydrogen (secondary N) is 1. The van der Waals surface area contributed by atoms with Gasteiger partial charge in [0.05, 0.1) is 23.5 Å². The van der Waals surface area contributed by atoms with E-state index in [0.29, 0.717) is 0 Å². The number of hydrogen-bond acceptors (Lipinski definition) is 5. The van der Waals surface area contributed by atoms with Crippen LogP contribution in [0.15, 0.2) is 65.7 Å². The van der Waals surface area contributed by atoms with Crippen molar-refractivity contribution in [3.63, 3.8) is 0 Å². The Bertz CT molecular complexity index is 943. The van der Waals surface area contributed by atoms with Crippen molar-refractivity contribution in [1.82, 2.24) is 14.6 Å². The molecule has 1 fully saturated rings. The lowest BCUT2D eigenvalue weighted by molar-refractivity contribution is 0.242. The molecule has 1 aliphatic rings. The quantitative estimate of drug-likeness (QED) is 0.600. The number of para-hydroxylation sites is 1. The van der Waals surface area contributed by atoms with E-state index < -0.39 is 11.4 Å². The highest BCUT2D eigenvalue weighted by molar-refractivity contribution is 7.89. The van der Waals surface area contributed by atoms with E-state index in [-0.39, 0.29) is 12.1 Å². The Morgan fingerprint density at radius 2 is 1.97 bits per heavy atom. The molecule has 2 heterocycles. The van der Waals surface area contributed by atoms with Gasteiger partial charge >= 0.3 is 0 Å². The molecule has 1 aromatic heterocycles. The van der Waals surface area contributed by atoms with Gasteiger partial charge in [-0.3, -0.25) is 9.88 Å². The Morgan fingerprint density at radius 1 is 1.17 bits per heavy atom. The van der Waals surface area contributed by atoms with Crippen LogP contribution in [0.1, 0.15) is 25.8 Å². The van der Waals surface area contributed by atoms with E-state index in [0.717, 1.165) is 47.6 Å². The summed E-state index contributed by atoms with van der Waals surface area (Å²) in [5.74, 6) is 0.906. The van der Waals surface area contributed by atoms with Crippen LogP contribution in [0.4, 0.5) is 0 Å². The lowest BCUT2D eigenvalue weighted by Crippen LogP contribution is -2.37. The fourth-order valence-electron chi connectivity index (χ4n) is 3.72. The molecule has 29 heavy (non-hydrogen) atoms. The first-order chi connectivity index (χ1) is 14.1. The molecule has 1 unspecified atom stereocenters. The van der Waals surface area contributed by atoms with E-state index in [2.05, 4.69) is 26.7 Å². The lowest BCUT2D eigenvalue weighted by atomic mass is 10.2. The Labute approximate surface area is 175 Å². The third kappa shape index (κ3) is 5.08. The topological polar surface area (TPSA) is 60.5 Å². The van der Waals surface area contributed by atoms with E-state index in [9.17, 15) is 4.55 Å². The molecule has 0 bridgehead atoms. The summed E-state index contributed by atoms with van der Waals surface area (Å²) in [4.78, 5) is 7.57. The van der Waals surface area contributed by atoms with Crippen LogP contribution in [-0.2, 0) is 17.9 Å². The van der Waals surface area contributed by atoms with Crippen molar-refractivity contribution in [3.05, 3.63) is 66.4 Å². The van der Waals surface area contributed by atoms with Gasteiger partial charge in [-0.1, -0.05) is 30.3 Å². The first-order valence-corrected chi connectivity index (χ1v) is 11.2. The van der Waals surface area contributed by atoms with E-state index in [1.807, 2.05) is 56.3 Å². The fourth-order valence-corrected chi connectivity index (χ4v) is 4.89. The van der Waals surface area contributed by atoms with Crippen molar-refractivity contribution in [2.75, 3.05) is 13.1 Å². The maximum absolute atomic E-state index is 12.9. The van der Waals surface area contributed by atoms with Crippen molar-refractivity contribution in [1.29, 1.82) is 0 Å². The zero-order valence-corrected chi connectivity index (χ0v) is 17.7. The average molecular weight is 410 g/mol. The molecule has 6 heteroatoms. The van der Waals surface area contributed by atoms with Gasteiger partial charge in [-0.15, -0.1) is 4.72 Å². The smallest absolute Gasteiger partial charge is 0.200 e. The SMILES string of the molecule is CC(C)Oc1ccc(CN2CC[C@@H](N[S+]([O-])c3cccc4cccnc34)C2)cc1. The number of benzene rings is 2. The Hall–Kier alpha value is -2.12. The van der Waals surface area contributed by atoms with Gasteiger partial charge in [-0.2, -0.15) is 0 Å². The highest BCUT2D eigenvalue weighted by atomic mass is 32.2. The van der Waals surface area contributed by atoms with Crippen molar-refractivity contribution in [2.24, 2.45) is 0 Å².